The van der Waals surface area contributed by atoms with Crippen molar-refractivity contribution in [1.29, 1.82) is 0 Å². The first-order chi connectivity index (χ1) is 8.58. The minimum Gasteiger partial charge on any atom is -0.468 e. The van der Waals surface area contributed by atoms with Crippen LogP contribution in [0.2, 0.25) is 0 Å². The molecule has 4 heteroatoms. The van der Waals surface area contributed by atoms with Gasteiger partial charge in [-0.1, -0.05) is 33.6 Å². The number of rotatable bonds is 7. The Labute approximate surface area is 111 Å². The molecule has 1 unspecified atom stereocenters. The van der Waals surface area contributed by atoms with Crippen LogP contribution in [0.25, 0.3) is 0 Å². The van der Waals surface area contributed by atoms with Gasteiger partial charge in [0.25, 0.3) is 0 Å². The van der Waals surface area contributed by atoms with Gasteiger partial charge in [-0.15, -0.1) is 0 Å². The molecule has 1 atom stereocenters. The quantitative estimate of drug-likeness (QED) is 0.705. The van der Waals surface area contributed by atoms with E-state index in [2.05, 4.69) is 31.0 Å². The lowest BCUT2D eigenvalue weighted by Gasteiger charge is -2.31. The van der Waals surface area contributed by atoms with E-state index in [-0.39, 0.29) is 18.1 Å². The second-order valence-corrected chi connectivity index (χ2v) is 5.42. The maximum absolute atomic E-state index is 11.8. The van der Waals surface area contributed by atoms with Crippen LogP contribution in [-0.2, 0) is 9.53 Å². The molecule has 0 heterocycles. The third-order valence-electron chi connectivity index (χ3n) is 3.68. The monoisotopic (exact) mass is 256 g/mol. The molecule has 18 heavy (non-hydrogen) atoms. The van der Waals surface area contributed by atoms with Crippen molar-refractivity contribution < 1.29 is 9.53 Å². The molecule has 0 spiro atoms. The zero-order chi connectivity index (χ0) is 13.5. The topological polar surface area (TPSA) is 41.6 Å². The first kappa shape index (κ1) is 15.4. The highest BCUT2D eigenvalue weighted by Gasteiger charge is 2.27. The highest BCUT2D eigenvalue weighted by molar-refractivity contribution is 5.76. The fourth-order valence-electron chi connectivity index (χ4n) is 2.78. The lowest BCUT2D eigenvalue weighted by Crippen LogP contribution is -2.51. The van der Waals surface area contributed by atoms with Crippen LogP contribution in [0.1, 0.15) is 46.5 Å². The van der Waals surface area contributed by atoms with Gasteiger partial charge in [0, 0.05) is 18.6 Å². The molecule has 1 fully saturated rings. The Balaban J connectivity index is 2.58. The summed E-state index contributed by atoms with van der Waals surface area (Å²) in [6.45, 7) is 8.04. The average Bonchev–Trinajstić information content (AvgIpc) is 2.86. The van der Waals surface area contributed by atoms with E-state index < -0.39 is 0 Å². The molecule has 1 rings (SSSR count). The summed E-state index contributed by atoms with van der Waals surface area (Å²) in [5, 5.41) is 3.30. The fraction of sp³-hybridized carbons (Fsp3) is 0.929. The number of methoxy groups -OCH3 is 1. The molecule has 0 radical (unpaired) electrons. The number of carbonyl (C=O) groups is 1. The van der Waals surface area contributed by atoms with Crippen LogP contribution in [0.3, 0.4) is 0 Å². The molecule has 4 nitrogen and oxygen atoms in total. The van der Waals surface area contributed by atoms with Crippen LogP contribution in [0.5, 0.6) is 0 Å². The van der Waals surface area contributed by atoms with Gasteiger partial charge in [-0.25, -0.2) is 0 Å². The molecule has 0 aromatic rings. The maximum Gasteiger partial charge on any atom is 0.324 e. The smallest absolute Gasteiger partial charge is 0.324 e. The predicted molar refractivity (Wildman–Crippen MR) is 73.6 cm³/mol. The molecule has 1 aliphatic carbocycles. The van der Waals surface area contributed by atoms with Gasteiger partial charge in [-0.2, -0.15) is 0 Å². The van der Waals surface area contributed by atoms with E-state index in [1.54, 1.807) is 0 Å². The number of ether oxygens (including phenoxy) is 1. The van der Waals surface area contributed by atoms with Crippen molar-refractivity contribution in [2.75, 3.05) is 20.2 Å². The maximum atomic E-state index is 11.8. The molecule has 0 bridgehead atoms. The lowest BCUT2D eigenvalue weighted by atomic mass is 10.1. The summed E-state index contributed by atoms with van der Waals surface area (Å²) in [6, 6.07) is 0.725. The van der Waals surface area contributed by atoms with E-state index in [1.807, 2.05) is 0 Å². The summed E-state index contributed by atoms with van der Waals surface area (Å²) in [6.07, 6.45) is 5.18. The Hall–Kier alpha value is -0.610. The predicted octanol–water partition coefficient (Wildman–Crippen LogP) is 1.79. The SMILES string of the molecule is CCN(CC(NC(C)C)C(=O)OC)C1CCCC1. The molecule has 1 N–H and O–H groups in total. The first-order valence-corrected chi connectivity index (χ1v) is 7.16. The molecule has 0 aromatic heterocycles. The molecule has 1 saturated carbocycles. The number of likely N-dealkylation sites (N-methyl/N-ethyl adjacent to an activating group) is 1. The van der Waals surface area contributed by atoms with Crippen molar-refractivity contribution in [3.8, 4) is 0 Å². The number of hydrogen-bond donors (Lipinski definition) is 1. The van der Waals surface area contributed by atoms with Crippen molar-refractivity contribution in [1.82, 2.24) is 10.2 Å². The number of esters is 1. The van der Waals surface area contributed by atoms with Crippen molar-refractivity contribution in [2.45, 2.75) is 64.6 Å². The van der Waals surface area contributed by atoms with Crippen molar-refractivity contribution >= 4 is 5.97 Å². The van der Waals surface area contributed by atoms with E-state index in [0.29, 0.717) is 6.04 Å². The van der Waals surface area contributed by atoms with Crippen LogP contribution in [0.4, 0.5) is 0 Å². The summed E-state index contributed by atoms with van der Waals surface area (Å²) in [5.41, 5.74) is 0. The van der Waals surface area contributed by atoms with E-state index in [4.69, 9.17) is 4.74 Å². The third kappa shape index (κ3) is 4.58. The van der Waals surface area contributed by atoms with Crippen LogP contribution < -0.4 is 5.32 Å². The summed E-state index contributed by atoms with van der Waals surface area (Å²) in [5.74, 6) is -0.153. The molecule has 0 aromatic carbocycles. The summed E-state index contributed by atoms with van der Waals surface area (Å²) >= 11 is 0. The number of nitrogens with one attached hydrogen (secondary N) is 1. The highest BCUT2D eigenvalue weighted by atomic mass is 16.5. The van der Waals surface area contributed by atoms with Crippen molar-refractivity contribution in [3.05, 3.63) is 0 Å². The Kier molecular flexibility index (Phi) is 6.65. The normalized spacial score (nSPS) is 18.6. The summed E-state index contributed by atoms with van der Waals surface area (Å²) < 4.78 is 4.89. The molecule has 0 amide bonds. The third-order valence-corrected chi connectivity index (χ3v) is 3.68. The van der Waals surface area contributed by atoms with Gasteiger partial charge in [-0.05, 0) is 19.4 Å². The number of hydrogen-bond acceptors (Lipinski definition) is 4. The molecule has 106 valence electrons. The molecule has 0 saturated heterocycles. The zero-order valence-corrected chi connectivity index (χ0v) is 12.2. The minimum atomic E-state index is -0.212. The van der Waals surface area contributed by atoms with Gasteiger partial charge in [0.2, 0.25) is 0 Å². The van der Waals surface area contributed by atoms with Crippen LogP contribution in [0.15, 0.2) is 0 Å². The van der Waals surface area contributed by atoms with Crippen LogP contribution in [0, 0.1) is 0 Å². The Morgan fingerprint density at radius 2 is 2.00 bits per heavy atom. The highest BCUT2D eigenvalue weighted by Crippen LogP contribution is 2.23. The van der Waals surface area contributed by atoms with E-state index >= 15 is 0 Å². The van der Waals surface area contributed by atoms with Crippen LogP contribution >= 0.6 is 0 Å². The Morgan fingerprint density at radius 3 is 2.44 bits per heavy atom. The first-order valence-electron chi connectivity index (χ1n) is 7.16. The number of nitrogens with zero attached hydrogens (tertiary/aromatic N) is 1. The van der Waals surface area contributed by atoms with Gasteiger partial charge in [0.15, 0.2) is 0 Å². The van der Waals surface area contributed by atoms with Crippen molar-refractivity contribution in [2.24, 2.45) is 0 Å². The standard InChI is InChI=1S/C14H28N2O2/c1-5-16(12-8-6-7-9-12)10-13(14(17)18-4)15-11(2)3/h11-13,15H,5-10H2,1-4H3. The summed E-state index contributed by atoms with van der Waals surface area (Å²) in [7, 11) is 1.46. The number of carbonyl (C=O) groups excluding carboxylic acids is 1. The molecule has 1 aliphatic rings. The van der Waals surface area contributed by atoms with Gasteiger partial charge in [0.1, 0.15) is 6.04 Å². The van der Waals surface area contributed by atoms with Gasteiger partial charge >= 0.3 is 5.97 Å². The van der Waals surface area contributed by atoms with E-state index in [0.717, 1.165) is 13.1 Å². The molecular weight excluding hydrogens is 228 g/mol. The van der Waals surface area contributed by atoms with Gasteiger partial charge in [-0.3, -0.25) is 9.69 Å². The van der Waals surface area contributed by atoms with Crippen LogP contribution in [-0.4, -0.2) is 49.2 Å². The molecule has 0 aliphatic heterocycles. The summed E-state index contributed by atoms with van der Waals surface area (Å²) in [4.78, 5) is 14.2. The average molecular weight is 256 g/mol. The lowest BCUT2D eigenvalue weighted by molar-refractivity contribution is -0.144. The second kappa shape index (κ2) is 7.74. The Bertz CT molecular complexity index is 250. The largest absolute Gasteiger partial charge is 0.468 e. The van der Waals surface area contributed by atoms with Gasteiger partial charge in [0.05, 0.1) is 7.11 Å². The fourth-order valence-corrected chi connectivity index (χ4v) is 2.78. The van der Waals surface area contributed by atoms with E-state index in [9.17, 15) is 4.79 Å². The molecular formula is C14H28N2O2. The second-order valence-electron chi connectivity index (χ2n) is 5.42. The zero-order valence-electron chi connectivity index (χ0n) is 12.2. The van der Waals surface area contributed by atoms with E-state index in [1.165, 1.54) is 32.8 Å². The minimum absolute atomic E-state index is 0.153. The van der Waals surface area contributed by atoms with Crippen molar-refractivity contribution in [3.63, 3.8) is 0 Å². The Morgan fingerprint density at radius 1 is 1.39 bits per heavy atom. The van der Waals surface area contributed by atoms with Gasteiger partial charge < -0.3 is 10.1 Å².